The van der Waals surface area contributed by atoms with Gasteiger partial charge in [-0.1, -0.05) is 42.5 Å². The number of pyridine rings is 1. The summed E-state index contributed by atoms with van der Waals surface area (Å²) in [6.45, 7) is 4.94. The van der Waals surface area contributed by atoms with Crippen LogP contribution in [0.2, 0.25) is 0 Å². The second kappa shape index (κ2) is 8.42. The van der Waals surface area contributed by atoms with E-state index in [1.165, 1.54) is 0 Å². The van der Waals surface area contributed by atoms with Gasteiger partial charge in [-0.05, 0) is 17.0 Å². The van der Waals surface area contributed by atoms with E-state index in [0.717, 1.165) is 66.1 Å². The van der Waals surface area contributed by atoms with Gasteiger partial charge in [-0.3, -0.25) is 15.3 Å². The quantitative estimate of drug-likeness (QED) is 0.464. The van der Waals surface area contributed by atoms with Crippen molar-refractivity contribution in [1.29, 1.82) is 5.41 Å². The van der Waals surface area contributed by atoms with Gasteiger partial charge in [-0.25, -0.2) is 4.98 Å². The molecule has 33 heavy (non-hydrogen) atoms. The van der Waals surface area contributed by atoms with Gasteiger partial charge in [0.25, 0.3) is 0 Å². The van der Waals surface area contributed by atoms with E-state index in [1.807, 2.05) is 29.0 Å². The Balaban J connectivity index is 1.46. The maximum atomic E-state index is 9.11. The number of hydrogen-bond acceptors (Lipinski definition) is 6. The SMILES string of the molecule is N=c1c2c(ncn1CCN1CCOCC1)Oc1c(ccc3ccccc13)C2c1cccnc1. The van der Waals surface area contributed by atoms with Crippen LogP contribution < -0.4 is 10.2 Å². The highest BCUT2D eigenvalue weighted by Gasteiger charge is 2.33. The maximum absolute atomic E-state index is 9.11. The van der Waals surface area contributed by atoms with Crippen LogP contribution in [0.15, 0.2) is 67.3 Å². The number of morpholine rings is 1. The second-order valence-electron chi connectivity index (χ2n) is 8.49. The summed E-state index contributed by atoms with van der Waals surface area (Å²) in [5.74, 6) is 1.14. The van der Waals surface area contributed by atoms with Crippen molar-refractivity contribution in [3.63, 3.8) is 0 Å². The number of rotatable bonds is 4. The molecule has 4 aromatic rings. The zero-order valence-corrected chi connectivity index (χ0v) is 18.3. The Morgan fingerprint density at radius 1 is 1.00 bits per heavy atom. The van der Waals surface area contributed by atoms with Gasteiger partial charge in [0, 0.05) is 55.4 Å². The van der Waals surface area contributed by atoms with E-state index in [9.17, 15) is 0 Å². The van der Waals surface area contributed by atoms with E-state index in [-0.39, 0.29) is 5.92 Å². The fourth-order valence-corrected chi connectivity index (χ4v) is 4.84. The molecule has 2 aromatic heterocycles. The van der Waals surface area contributed by atoms with E-state index >= 15 is 0 Å². The molecule has 0 saturated carbocycles. The van der Waals surface area contributed by atoms with Gasteiger partial charge in [0.05, 0.1) is 18.8 Å². The Bertz CT molecular complexity index is 1360. The molecular formula is C26H25N5O2. The molecule has 2 aliphatic rings. The van der Waals surface area contributed by atoms with Crippen LogP contribution in [0.4, 0.5) is 0 Å². The van der Waals surface area contributed by atoms with Gasteiger partial charge < -0.3 is 14.0 Å². The molecule has 1 unspecified atom stereocenters. The molecule has 0 bridgehead atoms. The van der Waals surface area contributed by atoms with Crippen molar-refractivity contribution >= 4 is 10.8 Å². The van der Waals surface area contributed by atoms with Crippen molar-refractivity contribution in [1.82, 2.24) is 19.4 Å². The van der Waals surface area contributed by atoms with Crippen LogP contribution >= 0.6 is 0 Å². The molecular weight excluding hydrogens is 414 g/mol. The summed E-state index contributed by atoms with van der Waals surface area (Å²) in [5, 5.41) is 11.3. The highest BCUT2D eigenvalue weighted by molar-refractivity contribution is 5.91. The number of benzene rings is 2. The van der Waals surface area contributed by atoms with Crippen LogP contribution in [-0.2, 0) is 11.3 Å². The monoisotopic (exact) mass is 439 g/mol. The fourth-order valence-electron chi connectivity index (χ4n) is 4.84. The van der Waals surface area contributed by atoms with Crippen molar-refractivity contribution in [2.75, 3.05) is 32.8 Å². The smallest absolute Gasteiger partial charge is 0.228 e. The average Bonchev–Trinajstić information content (AvgIpc) is 2.88. The topological polar surface area (TPSA) is 76.3 Å². The van der Waals surface area contributed by atoms with E-state index in [4.69, 9.17) is 14.9 Å². The minimum atomic E-state index is -0.169. The Hall–Kier alpha value is -3.55. The largest absolute Gasteiger partial charge is 0.438 e. The molecule has 0 aliphatic carbocycles. The first-order chi connectivity index (χ1) is 16.3. The van der Waals surface area contributed by atoms with E-state index < -0.39 is 0 Å². The second-order valence-corrected chi connectivity index (χ2v) is 8.49. The molecule has 1 N–H and O–H groups in total. The van der Waals surface area contributed by atoms with E-state index in [0.29, 0.717) is 17.9 Å². The maximum Gasteiger partial charge on any atom is 0.228 e. The first-order valence-corrected chi connectivity index (χ1v) is 11.3. The molecule has 0 radical (unpaired) electrons. The highest BCUT2D eigenvalue weighted by atomic mass is 16.5. The predicted molar refractivity (Wildman–Crippen MR) is 125 cm³/mol. The van der Waals surface area contributed by atoms with Gasteiger partial charge in [0.2, 0.25) is 5.88 Å². The molecule has 166 valence electrons. The summed E-state index contributed by atoms with van der Waals surface area (Å²) in [6, 6.07) is 16.5. The Labute approximate surface area is 191 Å². The van der Waals surface area contributed by atoms with Crippen molar-refractivity contribution in [2.24, 2.45) is 0 Å². The Morgan fingerprint density at radius 3 is 2.73 bits per heavy atom. The van der Waals surface area contributed by atoms with Crippen LogP contribution in [0.3, 0.4) is 0 Å². The summed E-state index contributed by atoms with van der Waals surface area (Å²) >= 11 is 0. The molecule has 1 fully saturated rings. The minimum absolute atomic E-state index is 0.169. The third kappa shape index (κ3) is 3.59. The number of nitrogens with zero attached hydrogens (tertiary/aromatic N) is 4. The number of ether oxygens (including phenoxy) is 2. The van der Waals surface area contributed by atoms with Crippen LogP contribution in [0, 0.1) is 5.41 Å². The molecule has 4 heterocycles. The van der Waals surface area contributed by atoms with Gasteiger partial charge in [-0.15, -0.1) is 0 Å². The standard InChI is InChI=1S/C26H25N5O2/c27-25-23-22(19-5-3-9-28-16-19)21-8-7-18-4-1-2-6-20(18)24(21)33-26(23)29-17-31(25)11-10-30-12-14-32-15-13-30/h1-9,16-17,22,27H,10-15H2. The summed E-state index contributed by atoms with van der Waals surface area (Å²) in [4.78, 5) is 11.4. The van der Waals surface area contributed by atoms with Crippen LogP contribution in [0.1, 0.15) is 22.6 Å². The molecule has 1 atom stereocenters. The molecule has 2 aromatic carbocycles. The van der Waals surface area contributed by atoms with Crippen LogP contribution in [0.5, 0.6) is 11.6 Å². The van der Waals surface area contributed by atoms with Crippen molar-refractivity contribution < 1.29 is 9.47 Å². The average molecular weight is 440 g/mol. The first kappa shape index (κ1) is 20.1. The highest BCUT2D eigenvalue weighted by Crippen LogP contribution is 2.47. The summed E-state index contributed by atoms with van der Waals surface area (Å²) in [6.07, 6.45) is 5.39. The Morgan fingerprint density at radius 2 is 1.88 bits per heavy atom. The number of fused-ring (bicyclic) bond motifs is 4. The molecule has 2 aliphatic heterocycles. The van der Waals surface area contributed by atoms with Gasteiger partial charge in [0.1, 0.15) is 17.6 Å². The van der Waals surface area contributed by atoms with E-state index in [1.54, 1.807) is 12.5 Å². The number of aromatic nitrogens is 3. The molecule has 7 heteroatoms. The van der Waals surface area contributed by atoms with Gasteiger partial charge in [0.15, 0.2) is 0 Å². The lowest BCUT2D eigenvalue weighted by atomic mass is 9.83. The summed E-state index contributed by atoms with van der Waals surface area (Å²) in [5.41, 5.74) is 3.28. The third-order valence-corrected chi connectivity index (χ3v) is 6.57. The molecule has 0 amide bonds. The van der Waals surface area contributed by atoms with Crippen LogP contribution in [-0.4, -0.2) is 52.3 Å². The van der Waals surface area contributed by atoms with E-state index in [2.05, 4.69) is 45.2 Å². The normalized spacial score (nSPS) is 17.9. The summed E-state index contributed by atoms with van der Waals surface area (Å²) in [7, 11) is 0. The van der Waals surface area contributed by atoms with Crippen molar-refractivity contribution in [3.05, 3.63) is 89.4 Å². The van der Waals surface area contributed by atoms with Crippen molar-refractivity contribution in [2.45, 2.75) is 12.5 Å². The fraction of sp³-hybridized carbons (Fsp3) is 0.269. The minimum Gasteiger partial charge on any atom is -0.438 e. The third-order valence-electron chi connectivity index (χ3n) is 6.57. The predicted octanol–water partition coefficient (Wildman–Crippen LogP) is 3.53. The first-order valence-electron chi connectivity index (χ1n) is 11.3. The zero-order chi connectivity index (χ0) is 22.2. The van der Waals surface area contributed by atoms with Gasteiger partial charge >= 0.3 is 0 Å². The van der Waals surface area contributed by atoms with Gasteiger partial charge in [-0.2, -0.15) is 0 Å². The van der Waals surface area contributed by atoms with Crippen LogP contribution in [0.25, 0.3) is 10.8 Å². The molecule has 1 saturated heterocycles. The molecule has 6 rings (SSSR count). The number of nitrogens with one attached hydrogen (secondary N) is 1. The lowest BCUT2D eigenvalue weighted by Gasteiger charge is -2.30. The Kier molecular flexibility index (Phi) is 5.13. The van der Waals surface area contributed by atoms with Crippen molar-refractivity contribution in [3.8, 4) is 11.6 Å². The lowest BCUT2D eigenvalue weighted by Crippen LogP contribution is -2.40. The lowest BCUT2D eigenvalue weighted by molar-refractivity contribution is 0.0362. The zero-order valence-electron chi connectivity index (χ0n) is 18.3. The molecule has 0 spiro atoms. The summed E-state index contributed by atoms with van der Waals surface area (Å²) < 4.78 is 13.8. The number of hydrogen-bond donors (Lipinski definition) is 1. The molecule has 7 nitrogen and oxygen atoms in total.